The molecule has 17 heavy (non-hydrogen) atoms. The Hall–Kier alpha value is -1.61. The van der Waals surface area contributed by atoms with Crippen LogP contribution < -0.4 is 0 Å². The molecule has 0 aliphatic heterocycles. The van der Waals surface area contributed by atoms with Crippen molar-refractivity contribution in [2.45, 2.75) is 38.5 Å². The van der Waals surface area contributed by atoms with Crippen LogP contribution in [0.15, 0.2) is 11.1 Å². The van der Waals surface area contributed by atoms with E-state index < -0.39 is 5.41 Å². The third kappa shape index (κ3) is 1.12. The molecule has 0 amide bonds. The maximum Gasteiger partial charge on any atom is 0.175 e. The summed E-state index contributed by atoms with van der Waals surface area (Å²) in [6, 6.07) is 4.38. The molecule has 1 saturated carbocycles. The minimum absolute atomic E-state index is 0.0532. The number of nitrogens with zero attached hydrogens (tertiary/aromatic N) is 2. The molecule has 1 fully saturated rings. The van der Waals surface area contributed by atoms with Crippen LogP contribution in [-0.2, 0) is 4.79 Å². The zero-order valence-electron chi connectivity index (χ0n) is 9.70. The van der Waals surface area contributed by atoms with Crippen molar-refractivity contribution < 1.29 is 4.79 Å². The van der Waals surface area contributed by atoms with Crippen molar-refractivity contribution in [2.24, 2.45) is 17.3 Å². The number of hydrogen-bond acceptors (Lipinski definition) is 3. The Kier molecular flexibility index (Phi) is 2.13. The number of Topliss-reactive ketones (excluding diaryl/α,β-unsaturated/α-hetero) is 1. The molecule has 0 heterocycles. The Morgan fingerprint density at radius 3 is 2.53 bits per heavy atom. The van der Waals surface area contributed by atoms with Gasteiger partial charge in [0, 0.05) is 17.9 Å². The first-order valence-corrected chi connectivity index (χ1v) is 6.34. The normalized spacial score (nSPS) is 33.9. The molecule has 0 aromatic heterocycles. The van der Waals surface area contributed by atoms with Crippen LogP contribution in [0.2, 0.25) is 0 Å². The molecule has 2 unspecified atom stereocenters. The van der Waals surface area contributed by atoms with E-state index >= 15 is 0 Å². The number of allylic oxidation sites excluding steroid dienone is 2. The average molecular weight is 226 g/mol. The number of fused-ring (bicyclic) bond motifs is 2. The first-order chi connectivity index (χ1) is 8.24. The van der Waals surface area contributed by atoms with Crippen molar-refractivity contribution in [1.82, 2.24) is 0 Å². The summed E-state index contributed by atoms with van der Waals surface area (Å²) in [5, 5.41) is 18.9. The summed E-state index contributed by atoms with van der Waals surface area (Å²) >= 11 is 0. The number of hydrogen-bond donors (Lipinski definition) is 0. The molecule has 0 N–H and O–H groups in total. The highest BCUT2D eigenvalue weighted by atomic mass is 16.1. The summed E-state index contributed by atoms with van der Waals surface area (Å²) in [7, 11) is 0. The molecule has 86 valence electrons. The molecular formula is C14H14N2O. The van der Waals surface area contributed by atoms with Crippen LogP contribution in [-0.4, -0.2) is 5.78 Å². The highest BCUT2D eigenvalue weighted by molar-refractivity contribution is 6.02. The quantitative estimate of drug-likeness (QED) is 0.637. The third-order valence-corrected chi connectivity index (χ3v) is 4.74. The van der Waals surface area contributed by atoms with E-state index in [9.17, 15) is 15.3 Å². The van der Waals surface area contributed by atoms with Gasteiger partial charge in [0.05, 0.1) is 12.1 Å². The fraction of sp³-hybridized carbons (Fsp3) is 0.643. The van der Waals surface area contributed by atoms with Crippen LogP contribution in [0.1, 0.15) is 38.5 Å². The van der Waals surface area contributed by atoms with Crippen LogP contribution in [0, 0.1) is 39.9 Å². The van der Waals surface area contributed by atoms with Crippen molar-refractivity contribution in [1.29, 1.82) is 10.5 Å². The van der Waals surface area contributed by atoms with Crippen LogP contribution in [0.4, 0.5) is 0 Å². The number of carbonyl (C=O) groups excluding carboxylic acids is 1. The molecule has 2 atom stereocenters. The lowest BCUT2D eigenvalue weighted by Crippen LogP contribution is -2.33. The van der Waals surface area contributed by atoms with E-state index in [1.165, 1.54) is 6.42 Å². The van der Waals surface area contributed by atoms with Gasteiger partial charge in [0.1, 0.15) is 0 Å². The molecule has 3 aliphatic rings. The van der Waals surface area contributed by atoms with E-state index in [2.05, 4.69) is 12.1 Å². The van der Waals surface area contributed by atoms with Gasteiger partial charge in [0.15, 0.2) is 11.2 Å². The molecule has 3 aliphatic carbocycles. The van der Waals surface area contributed by atoms with E-state index in [-0.39, 0.29) is 11.7 Å². The zero-order chi connectivity index (χ0) is 12.0. The summed E-state index contributed by atoms with van der Waals surface area (Å²) in [6.07, 6.45) is 5.54. The van der Waals surface area contributed by atoms with Gasteiger partial charge in [-0.25, -0.2) is 0 Å². The first-order valence-electron chi connectivity index (χ1n) is 6.34. The fourth-order valence-corrected chi connectivity index (χ4v) is 4.08. The topological polar surface area (TPSA) is 64.7 Å². The second-order valence-corrected chi connectivity index (χ2v) is 5.35. The van der Waals surface area contributed by atoms with Gasteiger partial charge in [-0.05, 0) is 25.2 Å². The van der Waals surface area contributed by atoms with Gasteiger partial charge in [-0.1, -0.05) is 18.4 Å². The SMILES string of the molecule is N#CC1(C#N)C2=C(CCC2=O)C2CCCCC21. The smallest absolute Gasteiger partial charge is 0.175 e. The lowest BCUT2D eigenvalue weighted by Gasteiger charge is -2.33. The van der Waals surface area contributed by atoms with Crippen LogP contribution >= 0.6 is 0 Å². The molecular weight excluding hydrogens is 212 g/mol. The number of ketones is 1. The van der Waals surface area contributed by atoms with Crippen molar-refractivity contribution in [3.8, 4) is 12.1 Å². The van der Waals surface area contributed by atoms with Gasteiger partial charge >= 0.3 is 0 Å². The molecule has 0 spiro atoms. The molecule has 3 rings (SSSR count). The Bertz CT molecular complexity index is 489. The highest BCUT2D eigenvalue weighted by Gasteiger charge is 2.58. The Balaban J connectivity index is 2.17. The number of carbonyl (C=O) groups is 1. The minimum Gasteiger partial charge on any atom is -0.294 e. The molecule has 0 saturated heterocycles. The van der Waals surface area contributed by atoms with Crippen molar-refractivity contribution in [2.75, 3.05) is 0 Å². The van der Waals surface area contributed by atoms with E-state index in [1.54, 1.807) is 0 Å². The molecule has 0 aromatic rings. The van der Waals surface area contributed by atoms with Crippen LogP contribution in [0.5, 0.6) is 0 Å². The fourth-order valence-electron chi connectivity index (χ4n) is 4.08. The van der Waals surface area contributed by atoms with E-state index in [4.69, 9.17) is 0 Å². The Morgan fingerprint density at radius 1 is 1.12 bits per heavy atom. The summed E-state index contributed by atoms with van der Waals surface area (Å²) in [5.41, 5.74) is 0.635. The molecule has 0 radical (unpaired) electrons. The summed E-state index contributed by atoms with van der Waals surface area (Å²) in [5.74, 6) is 0.475. The Labute approximate surface area is 101 Å². The third-order valence-electron chi connectivity index (χ3n) is 4.74. The van der Waals surface area contributed by atoms with Gasteiger partial charge in [0.2, 0.25) is 0 Å². The molecule has 0 bridgehead atoms. The average Bonchev–Trinajstić information content (AvgIpc) is 2.88. The molecule has 3 heteroatoms. The van der Waals surface area contributed by atoms with Crippen LogP contribution in [0.25, 0.3) is 0 Å². The Morgan fingerprint density at radius 2 is 1.82 bits per heavy atom. The van der Waals surface area contributed by atoms with Gasteiger partial charge in [-0.3, -0.25) is 4.79 Å². The number of rotatable bonds is 0. The standard InChI is InChI=1S/C14H14N2O/c15-7-14(8-16)11-4-2-1-3-9(11)10-5-6-12(17)13(10)14/h9,11H,1-6H2. The second-order valence-electron chi connectivity index (χ2n) is 5.35. The van der Waals surface area contributed by atoms with Crippen LogP contribution in [0.3, 0.4) is 0 Å². The van der Waals surface area contributed by atoms with E-state index in [0.29, 0.717) is 17.9 Å². The van der Waals surface area contributed by atoms with Crippen molar-refractivity contribution in [3.05, 3.63) is 11.1 Å². The van der Waals surface area contributed by atoms with Gasteiger partial charge in [-0.2, -0.15) is 10.5 Å². The highest BCUT2D eigenvalue weighted by Crippen LogP contribution is 2.59. The molecule has 0 aromatic carbocycles. The largest absolute Gasteiger partial charge is 0.294 e. The monoisotopic (exact) mass is 226 g/mol. The summed E-state index contributed by atoms with van der Waals surface area (Å²) in [4.78, 5) is 12.0. The molecule has 3 nitrogen and oxygen atoms in total. The second kappa shape index (κ2) is 3.44. The number of nitriles is 2. The maximum atomic E-state index is 12.0. The summed E-state index contributed by atoms with van der Waals surface area (Å²) in [6.45, 7) is 0. The van der Waals surface area contributed by atoms with Crippen molar-refractivity contribution in [3.63, 3.8) is 0 Å². The lowest BCUT2D eigenvalue weighted by atomic mass is 9.66. The first kappa shape index (κ1) is 10.5. The predicted octanol–water partition coefficient (Wildman–Crippen LogP) is 2.50. The summed E-state index contributed by atoms with van der Waals surface area (Å²) < 4.78 is 0. The van der Waals surface area contributed by atoms with E-state index in [1.807, 2.05) is 0 Å². The predicted molar refractivity (Wildman–Crippen MR) is 60.4 cm³/mol. The van der Waals surface area contributed by atoms with Gasteiger partial charge in [-0.15, -0.1) is 0 Å². The minimum atomic E-state index is -1.12. The van der Waals surface area contributed by atoms with Gasteiger partial charge < -0.3 is 0 Å². The lowest BCUT2D eigenvalue weighted by molar-refractivity contribution is -0.115. The maximum absolute atomic E-state index is 12.0. The zero-order valence-corrected chi connectivity index (χ0v) is 9.70. The van der Waals surface area contributed by atoms with Crippen molar-refractivity contribution >= 4 is 5.78 Å². The van der Waals surface area contributed by atoms with Gasteiger partial charge in [0.25, 0.3) is 0 Å². The van der Waals surface area contributed by atoms with E-state index in [0.717, 1.165) is 31.3 Å².